The molecule has 0 aliphatic heterocycles. The Labute approximate surface area is 157 Å². The van der Waals surface area contributed by atoms with Gasteiger partial charge >= 0.3 is 0 Å². The lowest BCUT2D eigenvalue weighted by Crippen LogP contribution is -2.22. The molecule has 1 amide bonds. The maximum Gasteiger partial charge on any atom is 0.287 e. The van der Waals surface area contributed by atoms with Gasteiger partial charge in [0.1, 0.15) is 11.6 Å². The van der Waals surface area contributed by atoms with Crippen molar-refractivity contribution in [2.75, 3.05) is 0 Å². The summed E-state index contributed by atoms with van der Waals surface area (Å²) in [6.45, 7) is 0.0487. The summed E-state index contributed by atoms with van der Waals surface area (Å²) in [7, 11) is -1.39. The van der Waals surface area contributed by atoms with Crippen LogP contribution in [0.4, 0.5) is 4.39 Å². The van der Waals surface area contributed by atoms with Gasteiger partial charge < -0.3 is 9.73 Å². The third kappa shape index (κ3) is 4.39. The van der Waals surface area contributed by atoms with Crippen molar-refractivity contribution in [3.63, 3.8) is 0 Å². The molecule has 134 valence electrons. The van der Waals surface area contributed by atoms with E-state index in [4.69, 9.17) is 16.0 Å². The zero-order chi connectivity index (χ0) is 18.5. The van der Waals surface area contributed by atoms with E-state index in [9.17, 15) is 13.4 Å². The number of halogens is 2. The Morgan fingerprint density at radius 1 is 1.08 bits per heavy atom. The number of rotatable bonds is 6. The first-order chi connectivity index (χ1) is 12.5. The predicted octanol–water partition coefficient (Wildman–Crippen LogP) is 4.31. The standard InChI is InChI=1S/C19H15ClFNO3S/c20-15-6-2-4-8-18(15)26(24)12-14-9-10-17(25-14)19(23)22-11-13-5-1-3-7-16(13)21/h1-10H,11-12H2,(H,22,23)/t26-/m1/s1. The van der Waals surface area contributed by atoms with Crippen LogP contribution >= 0.6 is 11.6 Å². The normalized spacial score (nSPS) is 11.9. The van der Waals surface area contributed by atoms with Crippen LogP contribution in [-0.4, -0.2) is 10.1 Å². The third-order valence-corrected chi connectivity index (χ3v) is 5.47. The molecule has 0 saturated heterocycles. The van der Waals surface area contributed by atoms with Gasteiger partial charge in [-0.05, 0) is 30.3 Å². The van der Waals surface area contributed by atoms with Crippen molar-refractivity contribution in [1.82, 2.24) is 5.32 Å². The maximum absolute atomic E-state index is 13.6. The first-order valence-corrected chi connectivity index (χ1v) is 9.47. The highest BCUT2D eigenvalue weighted by Gasteiger charge is 2.15. The molecule has 1 N–H and O–H groups in total. The van der Waals surface area contributed by atoms with E-state index >= 15 is 0 Å². The van der Waals surface area contributed by atoms with Crippen LogP contribution in [0.5, 0.6) is 0 Å². The Hall–Kier alpha value is -2.44. The summed E-state index contributed by atoms with van der Waals surface area (Å²) in [6, 6.07) is 16.1. The molecule has 7 heteroatoms. The average Bonchev–Trinajstić information content (AvgIpc) is 3.09. The molecule has 0 aliphatic carbocycles. The second-order valence-electron chi connectivity index (χ2n) is 5.46. The van der Waals surface area contributed by atoms with Crippen LogP contribution in [-0.2, 0) is 23.1 Å². The molecule has 3 rings (SSSR count). The molecule has 1 aromatic heterocycles. The fraction of sp³-hybridized carbons (Fsp3) is 0.105. The molecular weight excluding hydrogens is 377 g/mol. The van der Waals surface area contributed by atoms with Gasteiger partial charge in [0.25, 0.3) is 5.91 Å². The molecule has 0 unspecified atom stereocenters. The molecule has 2 aromatic carbocycles. The highest BCUT2D eigenvalue weighted by atomic mass is 35.5. The summed E-state index contributed by atoms with van der Waals surface area (Å²) in [5.41, 5.74) is 0.382. The van der Waals surface area contributed by atoms with Crippen LogP contribution in [0.2, 0.25) is 5.02 Å². The van der Waals surface area contributed by atoms with E-state index in [-0.39, 0.29) is 23.9 Å². The zero-order valence-corrected chi connectivity index (χ0v) is 15.1. The van der Waals surface area contributed by atoms with Gasteiger partial charge in [-0.15, -0.1) is 0 Å². The molecule has 1 atom stereocenters. The number of hydrogen-bond donors (Lipinski definition) is 1. The largest absolute Gasteiger partial charge is 0.455 e. The molecule has 4 nitrogen and oxygen atoms in total. The minimum Gasteiger partial charge on any atom is -0.455 e. The molecular formula is C19H15ClFNO3S. The second-order valence-corrected chi connectivity index (χ2v) is 7.29. The van der Waals surface area contributed by atoms with Crippen LogP contribution in [0, 0.1) is 5.82 Å². The van der Waals surface area contributed by atoms with Gasteiger partial charge in [0.2, 0.25) is 0 Å². The molecule has 0 bridgehead atoms. The van der Waals surface area contributed by atoms with Crippen LogP contribution in [0.1, 0.15) is 21.9 Å². The highest BCUT2D eigenvalue weighted by molar-refractivity contribution is 7.84. The maximum atomic E-state index is 13.6. The fourth-order valence-electron chi connectivity index (χ4n) is 2.32. The lowest BCUT2D eigenvalue weighted by atomic mass is 10.2. The van der Waals surface area contributed by atoms with Gasteiger partial charge in [-0.3, -0.25) is 9.00 Å². The number of nitrogens with one attached hydrogen (secondary N) is 1. The van der Waals surface area contributed by atoms with Crippen molar-refractivity contribution in [2.45, 2.75) is 17.2 Å². The Kier molecular flexibility index (Phi) is 5.85. The Morgan fingerprint density at radius 3 is 2.58 bits per heavy atom. The summed E-state index contributed by atoms with van der Waals surface area (Å²) in [5, 5.41) is 3.01. The first-order valence-electron chi connectivity index (χ1n) is 7.78. The van der Waals surface area contributed by atoms with Crippen molar-refractivity contribution in [3.8, 4) is 0 Å². The summed E-state index contributed by atoms with van der Waals surface area (Å²) >= 11 is 6.03. The fourth-order valence-corrected chi connectivity index (χ4v) is 3.80. The van der Waals surface area contributed by atoms with Gasteiger partial charge in [-0.2, -0.15) is 0 Å². The monoisotopic (exact) mass is 391 g/mol. The number of hydrogen-bond acceptors (Lipinski definition) is 3. The third-order valence-electron chi connectivity index (χ3n) is 3.64. The number of carbonyl (C=O) groups excluding carboxylic acids is 1. The highest BCUT2D eigenvalue weighted by Crippen LogP contribution is 2.22. The van der Waals surface area contributed by atoms with E-state index in [0.717, 1.165) is 0 Å². The van der Waals surface area contributed by atoms with Crippen LogP contribution in [0.25, 0.3) is 0 Å². The van der Waals surface area contributed by atoms with Gasteiger partial charge in [0, 0.05) is 12.1 Å². The Bertz CT molecular complexity index is 957. The van der Waals surface area contributed by atoms with E-state index in [2.05, 4.69) is 5.32 Å². The second kappa shape index (κ2) is 8.29. The molecule has 0 spiro atoms. The van der Waals surface area contributed by atoms with Crippen molar-refractivity contribution in [3.05, 3.63) is 88.6 Å². The molecule has 0 saturated carbocycles. The Balaban J connectivity index is 1.62. The molecule has 1 heterocycles. The minimum absolute atomic E-state index is 0.0487. The van der Waals surface area contributed by atoms with Crippen LogP contribution in [0.3, 0.4) is 0 Å². The van der Waals surface area contributed by atoms with Crippen LogP contribution in [0.15, 0.2) is 70.0 Å². The summed E-state index contributed by atoms with van der Waals surface area (Å²) in [6.07, 6.45) is 0. The number of furan rings is 1. The van der Waals surface area contributed by atoms with Crippen LogP contribution < -0.4 is 5.32 Å². The van der Waals surface area contributed by atoms with Crippen molar-refractivity contribution < 1.29 is 17.8 Å². The minimum atomic E-state index is -1.39. The van der Waals surface area contributed by atoms with E-state index in [1.807, 2.05) is 0 Å². The van der Waals surface area contributed by atoms with Gasteiger partial charge in [0.15, 0.2) is 5.76 Å². The van der Waals surface area contributed by atoms with Crippen molar-refractivity contribution in [1.29, 1.82) is 0 Å². The zero-order valence-electron chi connectivity index (χ0n) is 13.6. The number of benzene rings is 2. The number of carbonyl (C=O) groups is 1. The van der Waals surface area contributed by atoms with E-state index in [1.54, 1.807) is 48.5 Å². The van der Waals surface area contributed by atoms with E-state index in [1.165, 1.54) is 12.1 Å². The predicted molar refractivity (Wildman–Crippen MR) is 97.8 cm³/mol. The average molecular weight is 392 g/mol. The Morgan fingerprint density at radius 2 is 1.81 bits per heavy atom. The SMILES string of the molecule is O=C(NCc1ccccc1F)c1ccc(C[S@@](=O)c2ccccc2Cl)o1. The molecule has 26 heavy (non-hydrogen) atoms. The van der Waals surface area contributed by atoms with Crippen molar-refractivity contribution >= 4 is 28.3 Å². The van der Waals surface area contributed by atoms with E-state index < -0.39 is 16.7 Å². The quantitative estimate of drug-likeness (QED) is 0.681. The molecule has 0 fully saturated rings. The summed E-state index contributed by atoms with van der Waals surface area (Å²) < 4.78 is 31.4. The summed E-state index contributed by atoms with van der Waals surface area (Å²) in [4.78, 5) is 12.6. The smallest absolute Gasteiger partial charge is 0.287 e. The van der Waals surface area contributed by atoms with Gasteiger partial charge in [-0.25, -0.2) is 4.39 Å². The lowest BCUT2D eigenvalue weighted by Gasteiger charge is -2.05. The molecule has 0 aliphatic rings. The van der Waals surface area contributed by atoms with Gasteiger partial charge in [-0.1, -0.05) is 41.9 Å². The topological polar surface area (TPSA) is 59.3 Å². The van der Waals surface area contributed by atoms with E-state index in [0.29, 0.717) is 21.2 Å². The lowest BCUT2D eigenvalue weighted by molar-refractivity contribution is 0.0921. The first kappa shape index (κ1) is 18.4. The summed E-state index contributed by atoms with van der Waals surface area (Å²) in [5.74, 6) is -0.275. The van der Waals surface area contributed by atoms with Crippen molar-refractivity contribution in [2.24, 2.45) is 0 Å². The van der Waals surface area contributed by atoms with Gasteiger partial charge in [0.05, 0.1) is 26.5 Å². The number of amides is 1. The molecule has 3 aromatic rings. The molecule has 0 radical (unpaired) electrons.